The minimum atomic E-state index is -3.59. The summed E-state index contributed by atoms with van der Waals surface area (Å²) in [6, 6.07) is 4.77. The molecule has 2 aromatic rings. The van der Waals surface area contributed by atoms with E-state index < -0.39 is 10.0 Å². The summed E-state index contributed by atoms with van der Waals surface area (Å²) in [7, 11) is -1.91. The Labute approximate surface area is 134 Å². The van der Waals surface area contributed by atoms with Crippen molar-refractivity contribution < 1.29 is 13.2 Å². The first-order chi connectivity index (χ1) is 10.9. The number of imidazole rings is 1. The first-order valence-corrected chi connectivity index (χ1v) is 8.75. The molecule has 0 radical (unpaired) electrons. The average Bonchev–Trinajstić information content (AvgIpc) is 3.03. The maximum absolute atomic E-state index is 12.4. The zero-order valence-electron chi connectivity index (χ0n) is 13.0. The molecule has 7 nitrogen and oxygen atoms in total. The lowest BCUT2D eigenvalue weighted by molar-refractivity contribution is -0.117. The Balaban J connectivity index is 1.70. The maximum atomic E-state index is 12.4. The molecule has 0 spiro atoms. The molecule has 1 aromatic heterocycles. The van der Waals surface area contributed by atoms with Crippen LogP contribution in [0.3, 0.4) is 0 Å². The van der Waals surface area contributed by atoms with Crippen molar-refractivity contribution in [2.75, 3.05) is 18.5 Å². The van der Waals surface area contributed by atoms with Crippen LogP contribution in [0.5, 0.6) is 0 Å². The molecular formula is C15H18N4O3S. The van der Waals surface area contributed by atoms with E-state index in [0.29, 0.717) is 6.42 Å². The Hall–Kier alpha value is -2.19. The molecule has 1 aromatic carbocycles. The average molecular weight is 334 g/mol. The Morgan fingerprint density at radius 3 is 2.87 bits per heavy atom. The van der Waals surface area contributed by atoms with Crippen molar-refractivity contribution >= 4 is 21.6 Å². The van der Waals surface area contributed by atoms with Crippen molar-refractivity contribution in [1.29, 1.82) is 0 Å². The van der Waals surface area contributed by atoms with Gasteiger partial charge in [0.1, 0.15) is 5.82 Å². The SMILES string of the molecule is Cc1ncc(CCNS(=O)(=O)c2ccc3c(c2)CC(=O)N3C)[nH]1. The molecule has 0 atom stereocenters. The first-order valence-electron chi connectivity index (χ1n) is 7.26. The molecule has 122 valence electrons. The van der Waals surface area contributed by atoms with Crippen LogP contribution in [-0.2, 0) is 27.7 Å². The third-order valence-corrected chi connectivity index (χ3v) is 5.34. The van der Waals surface area contributed by atoms with Gasteiger partial charge in [-0.3, -0.25) is 4.79 Å². The van der Waals surface area contributed by atoms with Gasteiger partial charge in [-0.05, 0) is 30.7 Å². The normalized spacial score (nSPS) is 14.3. The number of likely N-dealkylation sites (N-methyl/N-ethyl adjacent to an activating group) is 1. The van der Waals surface area contributed by atoms with Gasteiger partial charge in [0, 0.05) is 37.6 Å². The molecule has 0 saturated carbocycles. The summed E-state index contributed by atoms with van der Waals surface area (Å²) in [5.41, 5.74) is 2.39. The van der Waals surface area contributed by atoms with Gasteiger partial charge >= 0.3 is 0 Å². The highest BCUT2D eigenvalue weighted by Gasteiger charge is 2.26. The lowest BCUT2D eigenvalue weighted by Crippen LogP contribution is -2.26. The summed E-state index contributed by atoms with van der Waals surface area (Å²) in [6.45, 7) is 2.12. The number of carbonyl (C=O) groups excluding carboxylic acids is 1. The summed E-state index contributed by atoms with van der Waals surface area (Å²) >= 11 is 0. The maximum Gasteiger partial charge on any atom is 0.240 e. The largest absolute Gasteiger partial charge is 0.346 e. The van der Waals surface area contributed by atoms with Crippen LogP contribution in [0.4, 0.5) is 5.69 Å². The van der Waals surface area contributed by atoms with Crippen LogP contribution in [-0.4, -0.2) is 37.9 Å². The van der Waals surface area contributed by atoms with Crippen molar-refractivity contribution in [1.82, 2.24) is 14.7 Å². The number of rotatable bonds is 5. The van der Waals surface area contributed by atoms with Crippen LogP contribution in [0, 0.1) is 6.92 Å². The van der Waals surface area contributed by atoms with E-state index in [-0.39, 0.29) is 23.8 Å². The molecule has 2 heterocycles. The molecule has 0 unspecified atom stereocenters. The van der Waals surface area contributed by atoms with E-state index in [1.807, 2.05) is 6.92 Å². The summed E-state index contributed by atoms with van der Waals surface area (Å²) in [5, 5.41) is 0. The van der Waals surface area contributed by atoms with Gasteiger partial charge in [0.2, 0.25) is 15.9 Å². The number of amides is 1. The second-order valence-electron chi connectivity index (χ2n) is 5.56. The smallest absolute Gasteiger partial charge is 0.240 e. The van der Waals surface area contributed by atoms with Crippen molar-refractivity contribution in [3.05, 3.63) is 41.5 Å². The predicted octanol–water partition coefficient (Wildman–Crippen LogP) is 0.758. The molecule has 0 bridgehead atoms. The number of H-pyrrole nitrogens is 1. The number of fused-ring (bicyclic) bond motifs is 1. The van der Waals surface area contributed by atoms with E-state index in [4.69, 9.17) is 0 Å². The van der Waals surface area contributed by atoms with E-state index in [0.717, 1.165) is 22.8 Å². The molecule has 23 heavy (non-hydrogen) atoms. The zero-order chi connectivity index (χ0) is 16.6. The Morgan fingerprint density at radius 1 is 1.39 bits per heavy atom. The van der Waals surface area contributed by atoms with Gasteiger partial charge < -0.3 is 9.88 Å². The second kappa shape index (κ2) is 5.78. The minimum absolute atomic E-state index is 0.0304. The molecule has 2 N–H and O–H groups in total. The Morgan fingerprint density at radius 2 is 2.17 bits per heavy atom. The number of nitrogens with one attached hydrogen (secondary N) is 2. The highest BCUT2D eigenvalue weighted by molar-refractivity contribution is 7.89. The highest BCUT2D eigenvalue weighted by Crippen LogP contribution is 2.29. The molecular weight excluding hydrogens is 316 g/mol. The fourth-order valence-electron chi connectivity index (χ4n) is 2.62. The number of sulfonamides is 1. The number of anilines is 1. The number of nitrogens with zero attached hydrogens (tertiary/aromatic N) is 2. The fraction of sp³-hybridized carbons (Fsp3) is 0.333. The van der Waals surface area contributed by atoms with Gasteiger partial charge in [0.05, 0.1) is 11.3 Å². The van der Waals surface area contributed by atoms with Crippen LogP contribution >= 0.6 is 0 Å². The zero-order valence-corrected chi connectivity index (χ0v) is 13.8. The Kier molecular flexibility index (Phi) is 3.95. The molecule has 3 rings (SSSR count). The lowest BCUT2D eigenvalue weighted by atomic mass is 10.2. The van der Waals surface area contributed by atoms with Crippen molar-refractivity contribution in [2.45, 2.75) is 24.7 Å². The number of benzene rings is 1. The molecule has 0 fully saturated rings. The molecule has 1 aliphatic rings. The van der Waals surface area contributed by atoms with Gasteiger partial charge in [-0.15, -0.1) is 0 Å². The quantitative estimate of drug-likeness (QED) is 0.844. The van der Waals surface area contributed by atoms with Crippen LogP contribution in [0.15, 0.2) is 29.3 Å². The van der Waals surface area contributed by atoms with Crippen LogP contribution in [0.1, 0.15) is 17.1 Å². The highest BCUT2D eigenvalue weighted by atomic mass is 32.2. The molecule has 8 heteroatoms. The lowest BCUT2D eigenvalue weighted by Gasteiger charge is -2.11. The number of aromatic amines is 1. The van der Waals surface area contributed by atoms with Gasteiger partial charge in [0.15, 0.2) is 0 Å². The van der Waals surface area contributed by atoms with Crippen LogP contribution in [0.2, 0.25) is 0 Å². The van der Waals surface area contributed by atoms with E-state index in [1.165, 1.54) is 6.07 Å². The minimum Gasteiger partial charge on any atom is -0.346 e. The monoisotopic (exact) mass is 334 g/mol. The molecule has 0 aliphatic carbocycles. The number of hydrogen-bond donors (Lipinski definition) is 2. The standard InChI is InChI=1S/C15H18N4O3S/c1-10-16-9-12(18-10)5-6-17-23(21,22)13-3-4-14-11(7-13)8-15(20)19(14)2/h3-4,7,9,17H,5-6,8H2,1-2H3,(H,16,18). The number of carbonyl (C=O) groups is 1. The van der Waals surface area contributed by atoms with E-state index in [1.54, 1.807) is 30.3 Å². The van der Waals surface area contributed by atoms with E-state index in [2.05, 4.69) is 14.7 Å². The van der Waals surface area contributed by atoms with Crippen molar-refractivity contribution in [3.8, 4) is 0 Å². The number of hydrogen-bond acceptors (Lipinski definition) is 4. The molecule has 1 amide bonds. The van der Waals surface area contributed by atoms with Gasteiger partial charge in [0.25, 0.3) is 0 Å². The van der Waals surface area contributed by atoms with Crippen molar-refractivity contribution in [3.63, 3.8) is 0 Å². The molecule has 1 aliphatic heterocycles. The first kappa shape index (κ1) is 15.7. The van der Waals surface area contributed by atoms with Crippen LogP contribution < -0.4 is 9.62 Å². The summed E-state index contributed by atoms with van der Waals surface area (Å²) < 4.78 is 27.3. The van der Waals surface area contributed by atoms with Crippen LogP contribution in [0.25, 0.3) is 0 Å². The fourth-order valence-corrected chi connectivity index (χ4v) is 3.70. The topological polar surface area (TPSA) is 95.2 Å². The number of aryl methyl sites for hydroxylation is 1. The summed E-state index contributed by atoms with van der Waals surface area (Å²) in [6.07, 6.45) is 2.47. The van der Waals surface area contributed by atoms with Gasteiger partial charge in [-0.2, -0.15) is 0 Å². The van der Waals surface area contributed by atoms with E-state index >= 15 is 0 Å². The third-order valence-electron chi connectivity index (χ3n) is 3.88. The van der Waals surface area contributed by atoms with Gasteiger partial charge in [-0.25, -0.2) is 18.1 Å². The second-order valence-corrected chi connectivity index (χ2v) is 7.33. The number of aromatic nitrogens is 2. The van der Waals surface area contributed by atoms with E-state index in [9.17, 15) is 13.2 Å². The summed E-state index contributed by atoms with van der Waals surface area (Å²) in [4.78, 5) is 20.5. The van der Waals surface area contributed by atoms with Crippen molar-refractivity contribution in [2.24, 2.45) is 0 Å². The summed E-state index contributed by atoms with van der Waals surface area (Å²) in [5.74, 6) is 0.771. The van der Waals surface area contributed by atoms with Gasteiger partial charge in [-0.1, -0.05) is 0 Å². The Bertz CT molecular complexity index is 857. The molecule has 0 saturated heterocycles. The third kappa shape index (κ3) is 3.13. The predicted molar refractivity (Wildman–Crippen MR) is 85.8 cm³/mol.